The summed E-state index contributed by atoms with van der Waals surface area (Å²) >= 11 is 1.79. The van der Waals surface area contributed by atoms with E-state index in [1.807, 2.05) is 6.92 Å². The highest BCUT2D eigenvalue weighted by Gasteiger charge is 2.11. The Morgan fingerprint density at radius 2 is 2.17 bits per heavy atom. The summed E-state index contributed by atoms with van der Waals surface area (Å²) in [6.45, 7) is 6.52. The number of thiophene rings is 1. The SMILES string of the molecule is CCOC(=O)CCCCC(N)c1cc(C)sc1C. The van der Waals surface area contributed by atoms with Gasteiger partial charge in [-0.3, -0.25) is 4.79 Å². The van der Waals surface area contributed by atoms with Crippen LogP contribution in [0.1, 0.15) is 54.0 Å². The Labute approximate surface area is 113 Å². The monoisotopic (exact) mass is 269 g/mol. The lowest BCUT2D eigenvalue weighted by Crippen LogP contribution is -2.10. The first-order chi connectivity index (χ1) is 8.54. The fourth-order valence-corrected chi connectivity index (χ4v) is 3.04. The molecule has 1 unspecified atom stereocenters. The summed E-state index contributed by atoms with van der Waals surface area (Å²) in [5.74, 6) is -0.103. The van der Waals surface area contributed by atoms with Gasteiger partial charge in [-0.05, 0) is 45.2 Å². The molecule has 0 bridgehead atoms. The Balaban J connectivity index is 2.27. The molecular formula is C14H23NO2S. The first kappa shape index (κ1) is 15.2. The molecule has 102 valence electrons. The van der Waals surface area contributed by atoms with E-state index in [-0.39, 0.29) is 12.0 Å². The van der Waals surface area contributed by atoms with Gasteiger partial charge in [-0.1, -0.05) is 6.42 Å². The summed E-state index contributed by atoms with van der Waals surface area (Å²) in [6, 6.07) is 2.27. The normalized spacial score (nSPS) is 12.4. The molecule has 2 N–H and O–H groups in total. The standard InChI is InChI=1S/C14H23NO2S/c1-4-17-14(16)8-6-5-7-13(15)12-9-10(2)18-11(12)3/h9,13H,4-8,15H2,1-3H3. The molecule has 1 aromatic rings. The van der Waals surface area contributed by atoms with Gasteiger partial charge in [0.25, 0.3) is 0 Å². The molecular weight excluding hydrogens is 246 g/mol. The van der Waals surface area contributed by atoms with Crippen molar-refractivity contribution >= 4 is 17.3 Å². The molecule has 1 heterocycles. The molecule has 4 heteroatoms. The van der Waals surface area contributed by atoms with E-state index in [9.17, 15) is 4.79 Å². The second kappa shape index (κ2) is 7.54. The van der Waals surface area contributed by atoms with Gasteiger partial charge in [0.1, 0.15) is 0 Å². The lowest BCUT2D eigenvalue weighted by Gasteiger charge is -2.11. The van der Waals surface area contributed by atoms with Crippen molar-refractivity contribution in [3.05, 3.63) is 21.4 Å². The predicted molar refractivity (Wildman–Crippen MR) is 75.8 cm³/mol. The molecule has 18 heavy (non-hydrogen) atoms. The minimum absolute atomic E-state index is 0.0946. The zero-order chi connectivity index (χ0) is 13.5. The third kappa shape index (κ3) is 4.78. The van der Waals surface area contributed by atoms with E-state index in [1.165, 1.54) is 15.3 Å². The number of hydrogen-bond donors (Lipinski definition) is 1. The van der Waals surface area contributed by atoms with Gasteiger partial charge < -0.3 is 10.5 Å². The van der Waals surface area contributed by atoms with Crippen molar-refractivity contribution < 1.29 is 9.53 Å². The molecule has 0 radical (unpaired) electrons. The van der Waals surface area contributed by atoms with E-state index in [1.54, 1.807) is 11.3 Å². The van der Waals surface area contributed by atoms with Gasteiger partial charge in [0, 0.05) is 22.2 Å². The van der Waals surface area contributed by atoms with Crippen LogP contribution in [0.3, 0.4) is 0 Å². The quantitative estimate of drug-likeness (QED) is 0.609. The van der Waals surface area contributed by atoms with E-state index < -0.39 is 0 Å². The number of carbonyl (C=O) groups is 1. The molecule has 0 aliphatic carbocycles. The first-order valence-electron chi connectivity index (χ1n) is 6.52. The number of carbonyl (C=O) groups excluding carboxylic acids is 1. The van der Waals surface area contributed by atoms with Crippen LogP contribution >= 0.6 is 11.3 Å². The van der Waals surface area contributed by atoms with Crippen molar-refractivity contribution in [2.75, 3.05) is 6.61 Å². The highest BCUT2D eigenvalue weighted by Crippen LogP contribution is 2.27. The van der Waals surface area contributed by atoms with Crippen LogP contribution in [-0.2, 0) is 9.53 Å². The van der Waals surface area contributed by atoms with Crippen LogP contribution in [0.25, 0.3) is 0 Å². The number of rotatable bonds is 7. The van der Waals surface area contributed by atoms with Crippen molar-refractivity contribution in [3.63, 3.8) is 0 Å². The summed E-state index contributed by atoms with van der Waals surface area (Å²) in [4.78, 5) is 13.8. The Morgan fingerprint density at radius 1 is 1.44 bits per heavy atom. The van der Waals surface area contributed by atoms with Gasteiger partial charge in [-0.25, -0.2) is 0 Å². The maximum Gasteiger partial charge on any atom is 0.305 e. The zero-order valence-electron chi connectivity index (χ0n) is 11.5. The smallest absolute Gasteiger partial charge is 0.305 e. The van der Waals surface area contributed by atoms with Crippen LogP contribution in [0.4, 0.5) is 0 Å². The maximum absolute atomic E-state index is 11.2. The summed E-state index contributed by atoms with van der Waals surface area (Å²) in [5.41, 5.74) is 7.43. The fourth-order valence-electron chi connectivity index (χ4n) is 2.04. The van der Waals surface area contributed by atoms with Gasteiger partial charge in [-0.2, -0.15) is 0 Å². The summed E-state index contributed by atoms with van der Waals surface area (Å²) < 4.78 is 4.89. The molecule has 0 aromatic carbocycles. The molecule has 1 aromatic heterocycles. The average Bonchev–Trinajstić information content (AvgIpc) is 2.64. The van der Waals surface area contributed by atoms with Crippen LogP contribution in [0.2, 0.25) is 0 Å². The van der Waals surface area contributed by atoms with Crippen molar-refractivity contribution in [1.82, 2.24) is 0 Å². The largest absolute Gasteiger partial charge is 0.466 e. The predicted octanol–water partition coefficient (Wildman–Crippen LogP) is 3.49. The Bertz CT molecular complexity index is 387. The first-order valence-corrected chi connectivity index (χ1v) is 7.34. The van der Waals surface area contributed by atoms with Crippen molar-refractivity contribution in [2.45, 2.75) is 52.5 Å². The number of hydrogen-bond acceptors (Lipinski definition) is 4. The number of ether oxygens (including phenoxy) is 1. The minimum atomic E-state index is -0.103. The molecule has 0 saturated carbocycles. The van der Waals surface area contributed by atoms with E-state index in [4.69, 9.17) is 10.5 Å². The van der Waals surface area contributed by atoms with Gasteiger partial charge in [-0.15, -0.1) is 11.3 Å². The lowest BCUT2D eigenvalue weighted by atomic mass is 10.0. The summed E-state index contributed by atoms with van der Waals surface area (Å²) in [5, 5.41) is 0. The Kier molecular flexibility index (Phi) is 6.36. The van der Waals surface area contributed by atoms with Crippen LogP contribution in [-0.4, -0.2) is 12.6 Å². The summed E-state index contributed by atoms with van der Waals surface area (Å²) in [6.07, 6.45) is 3.25. The zero-order valence-corrected chi connectivity index (χ0v) is 12.3. The fraction of sp³-hybridized carbons (Fsp3) is 0.643. The van der Waals surface area contributed by atoms with E-state index in [0.29, 0.717) is 13.0 Å². The van der Waals surface area contributed by atoms with Crippen LogP contribution in [0, 0.1) is 13.8 Å². The highest BCUT2D eigenvalue weighted by molar-refractivity contribution is 7.12. The van der Waals surface area contributed by atoms with Crippen LogP contribution in [0.5, 0.6) is 0 Å². The second-order valence-corrected chi connectivity index (χ2v) is 5.99. The second-order valence-electron chi connectivity index (χ2n) is 4.53. The molecule has 0 amide bonds. The molecule has 0 aliphatic heterocycles. The van der Waals surface area contributed by atoms with Crippen LogP contribution in [0.15, 0.2) is 6.07 Å². The third-order valence-electron chi connectivity index (χ3n) is 2.93. The highest BCUT2D eigenvalue weighted by atomic mass is 32.1. The lowest BCUT2D eigenvalue weighted by molar-refractivity contribution is -0.143. The van der Waals surface area contributed by atoms with Crippen molar-refractivity contribution in [1.29, 1.82) is 0 Å². The number of aryl methyl sites for hydroxylation is 2. The molecule has 0 saturated heterocycles. The number of unbranched alkanes of at least 4 members (excludes halogenated alkanes) is 1. The maximum atomic E-state index is 11.2. The van der Waals surface area contributed by atoms with E-state index in [2.05, 4.69) is 19.9 Å². The number of esters is 1. The minimum Gasteiger partial charge on any atom is -0.466 e. The topological polar surface area (TPSA) is 52.3 Å². The van der Waals surface area contributed by atoms with E-state index >= 15 is 0 Å². The molecule has 3 nitrogen and oxygen atoms in total. The number of nitrogens with two attached hydrogens (primary N) is 1. The summed E-state index contributed by atoms with van der Waals surface area (Å²) in [7, 11) is 0. The van der Waals surface area contributed by atoms with Gasteiger partial charge in [0.2, 0.25) is 0 Å². The molecule has 0 fully saturated rings. The average molecular weight is 269 g/mol. The van der Waals surface area contributed by atoms with Crippen molar-refractivity contribution in [3.8, 4) is 0 Å². The van der Waals surface area contributed by atoms with Gasteiger partial charge >= 0.3 is 5.97 Å². The molecule has 0 aliphatic rings. The molecule has 1 rings (SSSR count). The Hall–Kier alpha value is -0.870. The third-order valence-corrected chi connectivity index (χ3v) is 3.91. The van der Waals surface area contributed by atoms with Gasteiger partial charge in [0.15, 0.2) is 0 Å². The van der Waals surface area contributed by atoms with Crippen molar-refractivity contribution in [2.24, 2.45) is 5.73 Å². The molecule has 0 spiro atoms. The Morgan fingerprint density at radius 3 is 2.72 bits per heavy atom. The van der Waals surface area contributed by atoms with Crippen LogP contribution < -0.4 is 5.73 Å². The van der Waals surface area contributed by atoms with E-state index in [0.717, 1.165) is 19.3 Å². The van der Waals surface area contributed by atoms with Gasteiger partial charge in [0.05, 0.1) is 6.61 Å². The molecule has 1 atom stereocenters.